The van der Waals surface area contributed by atoms with Crippen LogP contribution in [0, 0.1) is 5.41 Å². The molecule has 0 aromatic carbocycles. The lowest BCUT2D eigenvalue weighted by Crippen LogP contribution is -2.54. The van der Waals surface area contributed by atoms with Crippen LogP contribution in [0.4, 0.5) is 0 Å². The molecule has 0 fully saturated rings. The number of aliphatic carboxylic acids is 1. The Hall–Kier alpha value is -0.870. The quantitative estimate of drug-likeness (QED) is 0.833. The summed E-state index contributed by atoms with van der Waals surface area (Å²) < 4.78 is 0. The van der Waals surface area contributed by atoms with E-state index in [4.69, 9.17) is 0 Å². The van der Waals surface area contributed by atoms with E-state index < -0.39 is 16.9 Å². The Morgan fingerprint density at radius 1 is 1.44 bits per heavy atom. The summed E-state index contributed by atoms with van der Waals surface area (Å²) in [6, 6.07) is 4.04. The Morgan fingerprint density at radius 3 is 2.50 bits per heavy atom. The number of thiophene rings is 1. The SMILES string of the molecule is CC(C)(NCc1cccs1)C(C)(C)C(=O)O. The molecule has 1 aromatic rings. The fourth-order valence-electron chi connectivity index (χ4n) is 1.21. The normalized spacial score (nSPS) is 12.8. The van der Waals surface area contributed by atoms with Gasteiger partial charge in [0.15, 0.2) is 0 Å². The first-order valence-corrected chi connectivity index (χ1v) is 6.16. The zero-order chi connectivity index (χ0) is 12.4. The molecule has 0 amide bonds. The summed E-state index contributed by atoms with van der Waals surface area (Å²) in [5.41, 5.74) is -1.26. The van der Waals surface area contributed by atoms with E-state index in [2.05, 4.69) is 5.32 Å². The van der Waals surface area contributed by atoms with Crippen molar-refractivity contribution in [2.24, 2.45) is 5.41 Å². The molecule has 1 rings (SSSR count). The molecule has 0 saturated carbocycles. The molecule has 0 aliphatic carbocycles. The van der Waals surface area contributed by atoms with Gasteiger partial charge in [-0.15, -0.1) is 11.3 Å². The average molecular weight is 241 g/mol. The zero-order valence-electron chi connectivity index (χ0n) is 10.2. The Bertz CT molecular complexity index is 355. The molecule has 0 bridgehead atoms. The molecule has 0 unspecified atom stereocenters. The first kappa shape index (κ1) is 13.2. The monoisotopic (exact) mass is 241 g/mol. The molecular formula is C12H19NO2S. The van der Waals surface area contributed by atoms with Crippen LogP contribution in [0.1, 0.15) is 32.6 Å². The number of carbonyl (C=O) groups is 1. The van der Waals surface area contributed by atoms with Crippen LogP contribution in [-0.4, -0.2) is 16.6 Å². The highest BCUT2D eigenvalue weighted by Crippen LogP contribution is 2.31. The lowest BCUT2D eigenvalue weighted by molar-refractivity contribution is -0.151. The average Bonchev–Trinajstić information content (AvgIpc) is 2.66. The van der Waals surface area contributed by atoms with Gasteiger partial charge in [0, 0.05) is 17.0 Å². The first-order chi connectivity index (χ1) is 7.27. The molecule has 1 aromatic heterocycles. The molecule has 0 atom stereocenters. The van der Waals surface area contributed by atoms with Gasteiger partial charge in [0.2, 0.25) is 0 Å². The zero-order valence-corrected chi connectivity index (χ0v) is 11.0. The minimum Gasteiger partial charge on any atom is -0.481 e. The molecule has 0 spiro atoms. The fraction of sp³-hybridized carbons (Fsp3) is 0.583. The van der Waals surface area contributed by atoms with Crippen molar-refractivity contribution in [3.63, 3.8) is 0 Å². The second-order valence-corrected chi connectivity index (χ2v) is 6.02. The van der Waals surface area contributed by atoms with Crippen molar-refractivity contribution in [3.8, 4) is 0 Å². The highest BCUT2D eigenvalue weighted by molar-refractivity contribution is 7.09. The predicted octanol–water partition coefficient (Wildman–Crippen LogP) is 2.73. The summed E-state index contributed by atoms with van der Waals surface area (Å²) in [5.74, 6) is -0.781. The molecule has 2 N–H and O–H groups in total. The number of carboxylic acid groups (broad SMARTS) is 1. The summed E-state index contributed by atoms with van der Waals surface area (Å²) in [6.45, 7) is 8.05. The second-order valence-electron chi connectivity index (χ2n) is 4.99. The number of nitrogens with one attached hydrogen (secondary N) is 1. The van der Waals surface area contributed by atoms with Gasteiger partial charge < -0.3 is 10.4 Å². The van der Waals surface area contributed by atoms with Gasteiger partial charge >= 0.3 is 5.97 Å². The molecule has 0 saturated heterocycles. The maximum Gasteiger partial charge on any atom is 0.310 e. The summed E-state index contributed by atoms with van der Waals surface area (Å²) in [6.07, 6.45) is 0. The molecular weight excluding hydrogens is 222 g/mol. The number of rotatable bonds is 5. The highest BCUT2D eigenvalue weighted by Gasteiger charge is 2.42. The molecule has 0 aliphatic heterocycles. The van der Waals surface area contributed by atoms with Gasteiger partial charge in [-0.2, -0.15) is 0 Å². The van der Waals surface area contributed by atoms with Crippen LogP contribution in [-0.2, 0) is 11.3 Å². The van der Waals surface area contributed by atoms with Crippen LogP contribution >= 0.6 is 11.3 Å². The van der Waals surface area contributed by atoms with Crippen LogP contribution in [0.3, 0.4) is 0 Å². The lowest BCUT2D eigenvalue weighted by Gasteiger charge is -2.39. The third kappa shape index (κ3) is 2.62. The van der Waals surface area contributed by atoms with Crippen LogP contribution in [0.5, 0.6) is 0 Å². The van der Waals surface area contributed by atoms with Crippen molar-refractivity contribution in [1.29, 1.82) is 0 Å². The van der Waals surface area contributed by atoms with Gasteiger partial charge in [0.05, 0.1) is 5.41 Å². The van der Waals surface area contributed by atoms with Crippen molar-refractivity contribution >= 4 is 17.3 Å². The smallest absolute Gasteiger partial charge is 0.310 e. The molecule has 16 heavy (non-hydrogen) atoms. The van der Waals surface area contributed by atoms with E-state index in [-0.39, 0.29) is 0 Å². The van der Waals surface area contributed by atoms with E-state index >= 15 is 0 Å². The Morgan fingerprint density at radius 2 is 2.06 bits per heavy atom. The van der Waals surface area contributed by atoms with Crippen LogP contribution in [0.2, 0.25) is 0 Å². The van der Waals surface area contributed by atoms with Gasteiger partial charge in [0.1, 0.15) is 0 Å². The molecule has 4 heteroatoms. The fourth-order valence-corrected chi connectivity index (χ4v) is 1.85. The van der Waals surface area contributed by atoms with E-state index in [0.29, 0.717) is 6.54 Å². The summed E-state index contributed by atoms with van der Waals surface area (Å²) in [5, 5.41) is 14.5. The van der Waals surface area contributed by atoms with Gasteiger partial charge in [-0.25, -0.2) is 0 Å². The highest BCUT2D eigenvalue weighted by atomic mass is 32.1. The Kier molecular flexibility index (Phi) is 3.76. The van der Waals surface area contributed by atoms with Crippen molar-refractivity contribution in [3.05, 3.63) is 22.4 Å². The molecule has 3 nitrogen and oxygen atoms in total. The number of hydrogen-bond donors (Lipinski definition) is 2. The van der Waals surface area contributed by atoms with Crippen LogP contribution in [0.25, 0.3) is 0 Å². The van der Waals surface area contributed by atoms with Crippen molar-refractivity contribution in [1.82, 2.24) is 5.32 Å². The second kappa shape index (κ2) is 4.55. The summed E-state index contributed by atoms with van der Waals surface area (Å²) in [4.78, 5) is 12.4. The Balaban J connectivity index is 2.68. The first-order valence-electron chi connectivity index (χ1n) is 5.28. The van der Waals surface area contributed by atoms with E-state index in [1.54, 1.807) is 25.2 Å². The van der Waals surface area contributed by atoms with E-state index in [0.717, 1.165) is 0 Å². The van der Waals surface area contributed by atoms with Gasteiger partial charge in [-0.1, -0.05) is 6.07 Å². The Labute approximate surface area is 100 Å². The molecule has 0 radical (unpaired) electrons. The maximum absolute atomic E-state index is 11.2. The number of carboxylic acids is 1. The van der Waals surface area contributed by atoms with Crippen molar-refractivity contribution in [2.75, 3.05) is 0 Å². The largest absolute Gasteiger partial charge is 0.481 e. The summed E-state index contributed by atoms with van der Waals surface area (Å²) >= 11 is 1.67. The van der Waals surface area contributed by atoms with Crippen LogP contribution in [0.15, 0.2) is 17.5 Å². The van der Waals surface area contributed by atoms with E-state index in [9.17, 15) is 9.90 Å². The predicted molar refractivity (Wildman–Crippen MR) is 66.7 cm³/mol. The van der Waals surface area contributed by atoms with Gasteiger partial charge in [-0.3, -0.25) is 4.79 Å². The summed E-state index contributed by atoms with van der Waals surface area (Å²) in [7, 11) is 0. The molecule has 1 heterocycles. The minimum absolute atomic E-state index is 0.456. The maximum atomic E-state index is 11.2. The third-order valence-electron chi connectivity index (χ3n) is 3.38. The lowest BCUT2D eigenvalue weighted by atomic mass is 9.74. The molecule has 90 valence electrons. The standard InChI is InChI=1S/C12H19NO2S/c1-11(2,10(14)15)12(3,4)13-8-9-6-5-7-16-9/h5-7,13H,8H2,1-4H3,(H,14,15). The topological polar surface area (TPSA) is 49.3 Å². The van der Waals surface area contributed by atoms with Gasteiger partial charge in [-0.05, 0) is 39.1 Å². The minimum atomic E-state index is -0.801. The molecule has 0 aliphatic rings. The van der Waals surface area contributed by atoms with Crippen molar-refractivity contribution in [2.45, 2.75) is 39.8 Å². The van der Waals surface area contributed by atoms with E-state index in [1.165, 1.54) is 4.88 Å². The third-order valence-corrected chi connectivity index (χ3v) is 4.26. The van der Waals surface area contributed by atoms with E-state index in [1.807, 2.05) is 31.4 Å². The van der Waals surface area contributed by atoms with Crippen molar-refractivity contribution < 1.29 is 9.90 Å². The van der Waals surface area contributed by atoms with Crippen LogP contribution < -0.4 is 5.32 Å². The van der Waals surface area contributed by atoms with Gasteiger partial charge in [0.25, 0.3) is 0 Å². The number of hydrogen-bond acceptors (Lipinski definition) is 3.